The van der Waals surface area contributed by atoms with Crippen molar-refractivity contribution in [1.29, 1.82) is 10.5 Å². The number of nitriles is 2. The zero-order valence-corrected chi connectivity index (χ0v) is 18.1. The Morgan fingerprint density at radius 1 is 1.18 bits per heavy atom. The Morgan fingerprint density at radius 2 is 1.79 bits per heavy atom. The summed E-state index contributed by atoms with van der Waals surface area (Å²) in [6.07, 6.45) is 3.16. The van der Waals surface area contributed by atoms with Gasteiger partial charge in [0.15, 0.2) is 5.57 Å². The van der Waals surface area contributed by atoms with Crippen molar-refractivity contribution >= 4 is 11.7 Å². The van der Waals surface area contributed by atoms with E-state index < -0.39 is 17.1 Å². The Labute approximate surface area is 168 Å². The van der Waals surface area contributed by atoms with Crippen molar-refractivity contribution in [2.75, 3.05) is 0 Å². The van der Waals surface area contributed by atoms with Crippen molar-refractivity contribution in [3.8, 4) is 12.1 Å². The molecule has 0 aromatic carbocycles. The molecular weight excluding hydrogens is 352 g/mol. The number of ether oxygens (including phenoxy) is 1. The Hall–Kier alpha value is -2.60. The summed E-state index contributed by atoms with van der Waals surface area (Å²) in [5.74, 6) is -0.643. The molecule has 0 spiro atoms. The molecule has 2 aliphatic rings. The molecule has 0 aliphatic carbocycles. The predicted octanol–water partition coefficient (Wildman–Crippen LogP) is 4.16. The first-order chi connectivity index (χ1) is 12.6. The van der Waals surface area contributed by atoms with Gasteiger partial charge in [0, 0.05) is 28.7 Å². The van der Waals surface area contributed by atoms with Gasteiger partial charge >= 0.3 is 5.97 Å². The lowest BCUT2D eigenvalue weighted by Crippen LogP contribution is -2.44. The average molecular weight is 383 g/mol. The molecule has 1 unspecified atom stereocenters. The summed E-state index contributed by atoms with van der Waals surface area (Å²) < 4.78 is 5.36. The minimum absolute atomic E-state index is 0.0435. The van der Waals surface area contributed by atoms with E-state index in [9.17, 15) is 15.3 Å². The molecule has 0 saturated carbocycles. The molecule has 2 rings (SSSR count). The van der Waals surface area contributed by atoms with Crippen LogP contribution in [0.2, 0.25) is 0 Å². The molecule has 0 bridgehead atoms. The van der Waals surface area contributed by atoms with E-state index in [0.717, 1.165) is 17.8 Å². The third-order valence-corrected chi connectivity index (χ3v) is 5.49. The molecule has 0 amide bonds. The zero-order chi connectivity index (χ0) is 21.5. The van der Waals surface area contributed by atoms with E-state index in [1.165, 1.54) is 0 Å². The first kappa shape index (κ1) is 21.7. The summed E-state index contributed by atoms with van der Waals surface area (Å²) in [6.45, 7) is 15.4. The number of carbonyl (C=O) groups excluding carboxylic acids is 1. The van der Waals surface area contributed by atoms with Crippen molar-refractivity contribution in [3.05, 3.63) is 23.0 Å². The molecule has 150 valence electrons. The topological polar surface area (TPSA) is 98.3 Å². The van der Waals surface area contributed by atoms with Crippen molar-refractivity contribution in [1.82, 2.24) is 5.32 Å². The molecule has 1 fully saturated rings. The second-order valence-electron chi connectivity index (χ2n) is 10.1. The van der Waals surface area contributed by atoms with Crippen LogP contribution in [0.5, 0.6) is 0 Å². The third-order valence-electron chi connectivity index (χ3n) is 5.49. The minimum Gasteiger partial charge on any atom is -0.456 e. The highest BCUT2D eigenvalue weighted by molar-refractivity contribution is 6.04. The van der Waals surface area contributed by atoms with Crippen LogP contribution in [0.4, 0.5) is 0 Å². The first-order valence-corrected chi connectivity index (χ1v) is 9.50. The minimum atomic E-state index is -0.677. The predicted molar refractivity (Wildman–Crippen MR) is 108 cm³/mol. The number of allylic oxidation sites excluding steroid dienone is 3. The second kappa shape index (κ2) is 6.78. The molecular formula is C22H30N4O2. The molecule has 6 nitrogen and oxygen atoms in total. The largest absolute Gasteiger partial charge is 0.456 e. The molecule has 0 aromatic rings. The van der Waals surface area contributed by atoms with Crippen LogP contribution in [0.15, 0.2) is 28.0 Å². The van der Waals surface area contributed by atoms with Crippen molar-refractivity contribution in [2.45, 2.75) is 79.4 Å². The molecule has 1 saturated heterocycles. The van der Waals surface area contributed by atoms with E-state index in [-0.39, 0.29) is 16.4 Å². The highest BCUT2D eigenvalue weighted by Gasteiger charge is 2.48. The Balaban J connectivity index is 2.42. The molecule has 1 atom stereocenters. The van der Waals surface area contributed by atoms with Crippen LogP contribution in [0.1, 0.15) is 68.2 Å². The Morgan fingerprint density at radius 3 is 2.25 bits per heavy atom. The number of aliphatic imine (C=N–C) groups is 1. The van der Waals surface area contributed by atoms with Crippen LogP contribution in [-0.4, -0.2) is 22.8 Å². The summed E-state index contributed by atoms with van der Waals surface area (Å²) in [5.41, 5.74) is 0.260. The lowest BCUT2D eigenvalue weighted by atomic mass is 9.75. The summed E-state index contributed by atoms with van der Waals surface area (Å²) >= 11 is 0. The van der Waals surface area contributed by atoms with E-state index in [1.807, 2.05) is 32.9 Å². The molecule has 0 radical (unpaired) electrons. The third kappa shape index (κ3) is 4.12. The molecule has 0 aromatic heterocycles. The van der Waals surface area contributed by atoms with Crippen molar-refractivity contribution < 1.29 is 9.53 Å². The molecule has 6 heteroatoms. The average Bonchev–Trinajstić information content (AvgIpc) is 2.91. The maximum Gasteiger partial charge on any atom is 0.351 e. The number of nitrogens with zero attached hydrogens (tertiary/aromatic N) is 3. The molecule has 1 N–H and O–H groups in total. The maximum absolute atomic E-state index is 12.4. The number of hydrogen-bond donors (Lipinski definition) is 1. The second-order valence-corrected chi connectivity index (χ2v) is 10.1. The van der Waals surface area contributed by atoms with Crippen molar-refractivity contribution in [3.63, 3.8) is 0 Å². The molecule has 2 aliphatic heterocycles. The van der Waals surface area contributed by atoms with E-state index in [2.05, 4.69) is 30.2 Å². The molecule has 28 heavy (non-hydrogen) atoms. The number of nitrogens with one attached hydrogen (secondary N) is 1. The van der Waals surface area contributed by atoms with Gasteiger partial charge in [-0.25, -0.2) is 4.79 Å². The molecule has 2 heterocycles. The summed E-state index contributed by atoms with van der Waals surface area (Å²) in [7, 11) is 0. The standard InChI is InChI=1S/C22H30N4O2/c1-19(2,3)28-18(27)15(12-23)16-11-20(4,5)17(25-16)9-14-10-21(6,7)22(8,13-24)26-14/h9,26H,10-11H2,1-8H3/b14-9-,16-15+. The quantitative estimate of drug-likeness (QED) is 0.439. The van der Waals surface area contributed by atoms with E-state index in [1.54, 1.807) is 20.8 Å². The van der Waals surface area contributed by atoms with Crippen LogP contribution in [0.3, 0.4) is 0 Å². The maximum atomic E-state index is 12.4. The summed E-state index contributed by atoms with van der Waals surface area (Å²) in [4.78, 5) is 17.0. The number of carbonyl (C=O) groups is 1. The van der Waals surface area contributed by atoms with E-state index in [4.69, 9.17) is 4.74 Å². The fourth-order valence-electron chi connectivity index (χ4n) is 3.39. The van der Waals surface area contributed by atoms with Gasteiger partial charge in [-0.2, -0.15) is 10.5 Å². The van der Waals surface area contributed by atoms with Gasteiger partial charge in [-0.15, -0.1) is 0 Å². The van der Waals surface area contributed by atoms with Gasteiger partial charge in [-0.1, -0.05) is 27.7 Å². The van der Waals surface area contributed by atoms with Gasteiger partial charge in [-0.3, -0.25) is 4.99 Å². The smallest absolute Gasteiger partial charge is 0.351 e. The van der Waals surface area contributed by atoms with Gasteiger partial charge in [0.2, 0.25) is 0 Å². The van der Waals surface area contributed by atoms with Gasteiger partial charge in [-0.05, 0) is 40.2 Å². The lowest BCUT2D eigenvalue weighted by Gasteiger charge is -2.30. The van der Waals surface area contributed by atoms with Crippen LogP contribution < -0.4 is 5.32 Å². The number of esters is 1. The number of rotatable bonds is 2. The number of hydrogen-bond acceptors (Lipinski definition) is 6. The van der Waals surface area contributed by atoms with Gasteiger partial charge in [0.25, 0.3) is 0 Å². The highest BCUT2D eigenvalue weighted by atomic mass is 16.6. The van der Waals surface area contributed by atoms with Crippen molar-refractivity contribution in [2.24, 2.45) is 15.8 Å². The van der Waals surface area contributed by atoms with E-state index in [0.29, 0.717) is 12.1 Å². The van der Waals surface area contributed by atoms with E-state index >= 15 is 0 Å². The normalized spacial score (nSPS) is 28.8. The van der Waals surface area contributed by atoms with Crippen LogP contribution in [0.25, 0.3) is 0 Å². The zero-order valence-electron chi connectivity index (χ0n) is 18.1. The fourth-order valence-corrected chi connectivity index (χ4v) is 3.39. The fraction of sp³-hybridized carbons (Fsp3) is 0.636. The first-order valence-electron chi connectivity index (χ1n) is 9.50. The SMILES string of the molecule is CC(C)(C)OC(=O)/C(C#N)=C1\CC(C)(C)C(/C=C2/CC(C)(C)C(C)(C#N)N2)=N1. The van der Waals surface area contributed by atoms with Crippen LogP contribution >= 0.6 is 0 Å². The summed E-state index contributed by atoms with van der Waals surface area (Å²) in [5, 5.41) is 22.4. The lowest BCUT2D eigenvalue weighted by molar-refractivity contribution is -0.149. The highest BCUT2D eigenvalue weighted by Crippen LogP contribution is 2.44. The van der Waals surface area contributed by atoms with Gasteiger partial charge in [0.1, 0.15) is 17.2 Å². The van der Waals surface area contributed by atoms with Crippen LogP contribution in [0, 0.1) is 33.5 Å². The van der Waals surface area contributed by atoms with Gasteiger partial charge in [0.05, 0.1) is 11.8 Å². The monoisotopic (exact) mass is 382 g/mol. The Kier molecular flexibility index (Phi) is 5.25. The van der Waals surface area contributed by atoms with Crippen LogP contribution in [-0.2, 0) is 9.53 Å². The Bertz CT molecular complexity index is 870. The summed E-state index contributed by atoms with van der Waals surface area (Å²) in [6, 6.07) is 4.35. The van der Waals surface area contributed by atoms with Gasteiger partial charge < -0.3 is 10.1 Å².